The summed E-state index contributed by atoms with van der Waals surface area (Å²) in [5.74, 6) is -0.286. The lowest BCUT2D eigenvalue weighted by Crippen LogP contribution is -2.14. The minimum absolute atomic E-state index is 0. The van der Waals surface area contributed by atoms with Crippen LogP contribution in [0.15, 0.2) is 12.4 Å². The molecule has 0 saturated heterocycles. The van der Waals surface area contributed by atoms with Crippen molar-refractivity contribution in [2.24, 2.45) is 0 Å². The van der Waals surface area contributed by atoms with Gasteiger partial charge in [-0.3, -0.25) is 4.68 Å². The van der Waals surface area contributed by atoms with Gasteiger partial charge in [0.15, 0.2) is 0 Å². The molecule has 8 heteroatoms. The predicted octanol–water partition coefficient (Wildman–Crippen LogP) is 2.23. The molecular formula is C13H20ClF2N5. The summed E-state index contributed by atoms with van der Waals surface area (Å²) >= 11 is 0. The van der Waals surface area contributed by atoms with Crippen molar-refractivity contribution in [3.63, 3.8) is 0 Å². The second kappa shape index (κ2) is 8.09. The highest BCUT2D eigenvalue weighted by molar-refractivity contribution is 5.85. The highest BCUT2D eigenvalue weighted by atomic mass is 35.5. The number of halogens is 3. The second-order valence-corrected chi connectivity index (χ2v) is 4.57. The van der Waals surface area contributed by atoms with Gasteiger partial charge in [-0.05, 0) is 13.8 Å². The maximum absolute atomic E-state index is 13.9. The molecule has 0 spiro atoms. The predicted molar refractivity (Wildman–Crippen MR) is 78.6 cm³/mol. The Hall–Kier alpha value is -1.47. The van der Waals surface area contributed by atoms with E-state index in [1.807, 2.05) is 6.92 Å². The van der Waals surface area contributed by atoms with Crippen LogP contribution < -0.4 is 5.32 Å². The molecule has 5 nitrogen and oxygen atoms in total. The summed E-state index contributed by atoms with van der Waals surface area (Å²) in [5.41, 5.74) is 2.23. The summed E-state index contributed by atoms with van der Waals surface area (Å²) in [6, 6.07) is 0. The van der Waals surface area contributed by atoms with Crippen LogP contribution in [0.25, 0.3) is 0 Å². The quantitative estimate of drug-likeness (QED) is 0.851. The molecule has 0 saturated carbocycles. The fourth-order valence-electron chi connectivity index (χ4n) is 2.04. The van der Waals surface area contributed by atoms with Gasteiger partial charge in [0.2, 0.25) is 5.95 Å². The van der Waals surface area contributed by atoms with Crippen molar-refractivity contribution in [1.82, 2.24) is 24.9 Å². The zero-order valence-corrected chi connectivity index (χ0v) is 13.0. The van der Waals surface area contributed by atoms with Crippen LogP contribution in [0.3, 0.4) is 0 Å². The fourth-order valence-corrected chi connectivity index (χ4v) is 2.04. The van der Waals surface area contributed by atoms with Gasteiger partial charge < -0.3 is 5.32 Å². The van der Waals surface area contributed by atoms with E-state index in [4.69, 9.17) is 0 Å². The van der Waals surface area contributed by atoms with Crippen molar-refractivity contribution in [3.05, 3.63) is 35.2 Å². The zero-order valence-electron chi connectivity index (χ0n) is 12.1. The molecule has 0 atom stereocenters. The van der Waals surface area contributed by atoms with Gasteiger partial charge in [0.1, 0.15) is 6.67 Å². The van der Waals surface area contributed by atoms with E-state index >= 15 is 0 Å². The minimum atomic E-state index is -0.435. The number of nitrogens with one attached hydrogen (secondary N) is 1. The number of rotatable bonds is 7. The molecule has 0 aromatic carbocycles. The number of aryl methyl sites for hydroxylation is 3. The number of hydrogen-bond acceptors (Lipinski definition) is 3. The van der Waals surface area contributed by atoms with E-state index < -0.39 is 6.67 Å². The molecule has 0 fully saturated rings. The first kappa shape index (κ1) is 17.6. The molecule has 2 heterocycles. The van der Waals surface area contributed by atoms with Crippen LogP contribution in [0.2, 0.25) is 0 Å². The molecular weight excluding hydrogens is 300 g/mol. The van der Waals surface area contributed by atoms with Crippen molar-refractivity contribution in [2.45, 2.75) is 40.0 Å². The summed E-state index contributed by atoms with van der Waals surface area (Å²) in [7, 11) is 0. The topological polar surface area (TPSA) is 47.7 Å². The van der Waals surface area contributed by atoms with Gasteiger partial charge in [-0.25, -0.2) is 9.07 Å². The Labute approximate surface area is 128 Å². The zero-order chi connectivity index (χ0) is 14.5. The van der Waals surface area contributed by atoms with Gasteiger partial charge >= 0.3 is 0 Å². The van der Waals surface area contributed by atoms with Crippen LogP contribution in [-0.2, 0) is 26.2 Å². The van der Waals surface area contributed by atoms with Gasteiger partial charge in [0.05, 0.1) is 18.4 Å². The molecule has 0 aliphatic carbocycles. The van der Waals surface area contributed by atoms with Crippen molar-refractivity contribution in [2.75, 3.05) is 6.67 Å². The van der Waals surface area contributed by atoms with Crippen LogP contribution in [0.5, 0.6) is 0 Å². The highest BCUT2D eigenvalue weighted by Gasteiger charge is 2.13. The standard InChI is InChI=1S/C13H19F2N5.ClH/c1-3-20-13(15)12(10(2)18-20)8-16-6-11-7-17-19(9-11)5-4-14;/h7,9,16H,3-6,8H2,1-2H3;1H. The van der Waals surface area contributed by atoms with Gasteiger partial charge in [0.25, 0.3) is 0 Å². The number of alkyl halides is 1. The number of aromatic nitrogens is 4. The lowest BCUT2D eigenvalue weighted by Gasteiger charge is -2.02. The Morgan fingerprint density at radius 2 is 2.10 bits per heavy atom. The van der Waals surface area contributed by atoms with E-state index in [2.05, 4.69) is 15.5 Å². The maximum Gasteiger partial charge on any atom is 0.216 e. The molecule has 0 amide bonds. The fraction of sp³-hybridized carbons (Fsp3) is 0.538. The van der Waals surface area contributed by atoms with E-state index in [1.54, 1.807) is 24.0 Å². The van der Waals surface area contributed by atoms with Gasteiger partial charge in [-0.15, -0.1) is 12.4 Å². The molecule has 2 rings (SSSR count). The summed E-state index contributed by atoms with van der Waals surface area (Å²) in [4.78, 5) is 0. The molecule has 2 aromatic rings. The van der Waals surface area contributed by atoms with E-state index in [0.717, 1.165) is 5.56 Å². The van der Waals surface area contributed by atoms with E-state index in [1.165, 1.54) is 4.68 Å². The van der Waals surface area contributed by atoms with Crippen molar-refractivity contribution >= 4 is 12.4 Å². The summed E-state index contributed by atoms with van der Waals surface area (Å²) in [6.07, 6.45) is 3.46. The Bertz CT molecular complexity index is 567. The normalized spacial score (nSPS) is 10.7. The summed E-state index contributed by atoms with van der Waals surface area (Å²) in [6.45, 7) is 4.96. The smallest absolute Gasteiger partial charge is 0.216 e. The van der Waals surface area contributed by atoms with Crippen molar-refractivity contribution < 1.29 is 8.78 Å². The number of hydrogen-bond donors (Lipinski definition) is 1. The third kappa shape index (κ3) is 4.25. The SMILES string of the molecule is CCn1nc(C)c(CNCc2cnn(CCF)c2)c1F.Cl. The molecule has 0 bridgehead atoms. The third-order valence-electron chi connectivity index (χ3n) is 3.11. The molecule has 21 heavy (non-hydrogen) atoms. The van der Waals surface area contributed by atoms with Crippen LogP contribution in [0, 0.1) is 12.9 Å². The average Bonchev–Trinajstić information content (AvgIpc) is 2.98. The lowest BCUT2D eigenvalue weighted by atomic mass is 10.2. The first-order chi connectivity index (χ1) is 9.65. The third-order valence-corrected chi connectivity index (χ3v) is 3.11. The molecule has 1 N–H and O–H groups in total. The molecule has 2 aromatic heterocycles. The molecule has 118 valence electrons. The summed E-state index contributed by atoms with van der Waals surface area (Å²) in [5, 5.41) is 11.3. The first-order valence-electron chi connectivity index (χ1n) is 6.65. The van der Waals surface area contributed by atoms with Crippen molar-refractivity contribution in [1.29, 1.82) is 0 Å². The molecule has 0 aliphatic heterocycles. The Morgan fingerprint density at radius 3 is 2.71 bits per heavy atom. The highest BCUT2D eigenvalue weighted by Crippen LogP contribution is 2.12. The van der Waals surface area contributed by atoms with Crippen LogP contribution in [-0.4, -0.2) is 26.2 Å². The summed E-state index contributed by atoms with van der Waals surface area (Å²) < 4.78 is 29.0. The Morgan fingerprint density at radius 1 is 1.33 bits per heavy atom. The monoisotopic (exact) mass is 319 g/mol. The van der Waals surface area contributed by atoms with Gasteiger partial charge in [0, 0.05) is 37.0 Å². The van der Waals surface area contributed by atoms with Crippen LogP contribution >= 0.6 is 12.4 Å². The van der Waals surface area contributed by atoms with Crippen LogP contribution in [0.4, 0.5) is 8.78 Å². The van der Waals surface area contributed by atoms with Crippen LogP contribution in [0.1, 0.15) is 23.7 Å². The van der Waals surface area contributed by atoms with Crippen molar-refractivity contribution in [3.8, 4) is 0 Å². The Balaban J connectivity index is 0.00000220. The number of nitrogens with zero attached hydrogens (tertiary/aromatic N) is 4. The average molecular weight is 320 g/mol. The maximum atomic E-state index is 13.9. The molecule has 0 radical (unpaired) electrons. The molecule has 0 unspecified atom stereocenters. The van der Waals surface area contributed by atoms with Gasteiger partial charge in [-0.1, -0.05) is 0 Å². The second-order valence-electron chi connectivity index (χ2n) is 4.57. The van der Waals surface area contributed by atoms with E-state index in [-0.39, 0.29) is 24.9 Å². The molecule has 0 aliphatic rings. The van der Waals surface area contributed by atoms with Gasteiger partial charge in [-0.2, -0.15) is 14.6 Å². The first-order valence-corrected chi connectivity index (χ1v) is 6.65. The largest absolute Gasteiger partial charge is 0.308 e. The van der Waals surface area contributed by atoms with E-state index in [9.17, 15) is 8.78 Å². The Kier molecular flexibility index (Phi) is 6.77. The lowest BCUT2D eigenvalue weighted by molar-refractivity contribution is 0.427. The minimum Gasteiger partial charge on any atom is -0.308 e. The van der Waals surface area contributed by atoms with E-state index in [0.29, 0.717) is 30.9 Å².